The normalized spacial score (nSPS) is 24.4. The smallest absolute Gasteiger partial charge is 0.335 e. The lowest BCUT2D eigenvalue weighted by molar-refractivity contribution is -0.149. The fourth-order valence-corrected chi connectivity index (χ4v) is 1.62. The first-order chi connectivity index (χ1) is 7.75. The molecule has 4 heteroatoms. The van der Waals surface area contributed by atoms with Gasteiger partial charge in [-0.05, 0) is 5.56 Å². The van der Waals surface area contributed by atoms with Crippen molar-refractivity contribution in [2.45, 2.75) is 25.2 Å². The van der Waals surface area contributed by atoms with Gasteiger partial charge in [-0.2, -0.15) is 0 Å². The molecule has 0 aliphatic carbocycles. The second-order valence-corrected chi connectivity index (χ2v) is 3.81. The van der Waals surface area contributed by atoms with Crippen LogP contribution in [-0.2, 0) is 20.9 Å². The van der Waals surface area contributed by atoms with E-state index >= 15 is 0 Å². The predicted molar refractivity (Wildman–Crippen MR) is 56.6 cm³/mol. The first-order valence-corrected chi connectivity index (χ1v) is 5.26. The summed E-state index contributed by atoms with van der Waals surface area (Å²) in [5, 5.41) is 9.15. The van der Waals surface area contributed by atoms with E-state index in [4.69, 9.17) is 14.6 Å². The highest BCUT2D eigenvalue weighted by atomic mass is 16.6. The molecule has 0 saturated carbocycles. The molecule has 1 fully saturated rings. The third kappa shape index (κ3) is 2.81. The topological polar surface area (TPSA) is 55.8 Å². The Morgan fingerprint density at radius 1 is 1.38 bits per heavy atom. The number of carbonyl (C=O) groups excluding carboxylic acids is 1. The number of aliphatic hydroxyl groups excluding tert-OH is 1. The number of esters is 1. The Labute approximate surface area is 93.8 Å². The minimum atomic E-state index is -0.981. The zero-order valence-corrected chi connectivity index (χ0v) is 8.83. The number of ether oxygens (including phenoxy) is 2. The van der Waals surface area contributed by atoms with Crippen molar-refractivity contribution in [2.75, 3.05) is 6.61 Å². The zero-order valence-electron chi connectivity index (χ0n) is 8.83. The Hall–Kier alpha value is -1.39. The van der Waals surface area contributed by atoms with Gasteiger partial charge in [-0.3, -0.25) is 0 Å². The van der Waals surface area contributed by atoms with Crippen molar-refractivity contribution in [3.63, 3.8) is 0 Å². The number of carbonyl (C=O) groups is 1. The second kappa shape index (κ2) is 5.09. The van der Waals surface area contributed by atoms with Crippen LogP contribution in [0.5, 0.6) is 0 Å². The summed E-state index contributed by atoms with van der Waals surface area (Å²) >= 11 is 0. The van der Waals surface area contributed by atoms with Crippen molar-refractivity contribution in [1.82, 2.24) is 0 Å². The molecule has 1 saturated heterocycles. The van der Waals surface area contributed by atoms with Gasteiger partial charge in [0.15, 0.2) is 6.10 Å². The SMILES string of the molecule is O=C1O[C@H](COCc2ccccc2)C[C@@H]1O. The standard InChI is InChI=1S/C12H14O4/c13-11-6-10(16-12(11)14)8-15-7-9-4-2-1-3-5-9/h1-5,10-11,13H,6-8H2/t10-,11-/m0/s1. The van der Waals surface area contributed by atoms with Crippen LogP contribution in [0.25, 0.3) is 0 Å². The lowest BCUT2D eigenvalue weighted by Crippen LogP contribution is -2.14. The lowest BCUT2D eigenvalue weighted by Gasteiger charge is -2.09. The van der Waals surface area contributed by atoms with Crippen molar-refractivity contribution in [3.8, 4) is 0 Å². The third-order valence-electron chi connectivity index (χ3n) is 2.46. The van der Waals surface area contributed by atoms with Crippen molar-refractivity contribution in [2.24, 2.45) is 0 Å². The first kappa shape index (κ1) is 11.1. The Morgan fingerprint density at radius 3 is 2.75 bits per heavy atom. The van der Waals surface area contributed by atoms with Crippen molar-refractivity contribution in [1.29, 1.82) is 0 Å². The maximum absolute atomic E-state index is 10.9. The van der Waals surface area contributed by atoms with Crippen LogP contribution in [0, 0.1) is 0 Å². The van der Waals surface area contributed by atoms with Crippen LogP contribution in [0.2, 0.25) is 0 Å². The van der Waals surface area contributed by atoms with E-state index in [1.807, 2.05) is 30.3 Å². The minimum absolute atomic E-state index is 0.314. The van der Waals surface area contributed by atoms with E-state index in [1.54, 1.807) is 0 Å². The van der Waals surface area contributed by atoms with Gasteiger partial charge in [0.25, 0.3) is 0 Å². The predicted octanol–water partition coefficient (Wildman–Crippen LogP) is 0.880. The van der Waals surface area contributed by atoms with E-state index in [-0.39, 0.29) is 6.10 Å². The molecule has 2 atom stereocenters. The molecule has 0 radical (unpaired) electrons. The summed E-state index contributed by atoms with van der Waals surface area (Å²) in [5.74, 6) is -0.548. The Morgan fingerprint density at radius 2 is 2.12 bits per heavy atom. The number of hydrogen-bond donors (Lipinski definition) is 1. The second-order valence-electron chi connectivity index (χ2n) is 3.81. The molecule has 1 aliphatic heterocycles. The molecule has 1 heterocycles. The first-order valence-electron chi connectivity index (χ1n) is 5.26. The average Bonchev–Trinajstić information content (AvgIpc) is 2.60. The summed E-state index contributed by atoms with van der Waals surface area (Å²) in [4.78, 5) is 10.9. The Balaban J connectivity index is 1.71. The zero-order chi connectivity index (χ0) is 11.4. The molecule has 0 aromatic heterocycles. The molecule has 2 rings (SSSR count). The molecule has 1 aromatic rings. The van der Waals surface area contributed by atoms with Crippen LogP contribution < -0.4 is 0 Å². The maximum Gasteiger partial charge on any atom is 0.335 e. The van der Waals surface area contributed by atoms with Gasteiger partial charge in [-0.25, -0.2) is 4.79 Å². The van der Waals surface area contributed by atoms with E-state index in [0.29, 0.717) is 19.6 Å². The summed E-state index contributed by atoms with van der Waals surface area (Å²) in [6.07, 6.45) is -0.968. The van der Waals surface area contributed by atoms with Gasteiger partial charge < -0.3 is 14.6 Å². The molecule has 16 heavy (non-hydrogen) atoms. The molecule has 0 amide bonds. The van der Waals surface area contributed by atoms with Crippen molar-refractivity contribution in [3.05, 3.63) is 35.9 Å². The molecule has 0 unspecified atom stereocenters. The minimum Gasteiger partial charge on any atom is -0.458 e. The van der Waals surface area contributed by atoms with Crippen LogP contribution in [0.1, 0.15) is 12.0 Å². The third-order valence-corrected chi connectivity index (χ3v) is 2.46. The van der Waals surface area contributed by atoms with Crippen LogP contribution >= 0.6 is 0 Å². The largest absolute Gasteiger partial charge is 0.458 e. The van der Waals surface area contributed by atoms with E-state index < -0.39 is 12.1 Å². The summed E-state index contributed by atoms with van der Waals surface area (Å²) in [6, 6.07) is 9.76. The van der Waals surface area contributed by atoms with Gasteiger partial charge in [-0.15, -0.1) is 0 Å². The van der Waals surface area contributed by atoms with Crippen molar-refractivity contribution < 1.29 is 19.4 Å². The quantitative estimate of drug-likeness (QED) is 0.768. The summed E-state index contributed by atoms with van der Waals surface area (Å²) in [5.41, 5.74) is 1.08. The fraction of sp³-hybridized carbons (Fsp3) is 0.417. The van der Waals surface area contributed by atoms with Gasteiger partial charge in [0, 0.05) is 6.42 Å². The average molecular weight is 222 g/mol. The number of hydrogen-bond acceptors (Lipinski definition) is 4. The van der Waals surface area contributed by atoms with Crippen molar-refractivity contribution >= 4 is 5.97 Å². The molecule has 1 aromatic carbocycles. The maximum atomic E-state index is 10.9. The van der Waals surface area contributed by atoms with Crippen LogP contribution in [-0.4, -0.2) is 29.9 Å². The van der Waals surface area contributed by atoms with E-state index in [0.717, 1.165) is 5.56 Å². The highest BCUT2D eigenvalue weighted by Crippen LogP contribution is 2.15. The van der Waals surface area contributed by atoms with E-state index in [2.05, 4.69) is 0 Å². The van der Waals surface area contributed by atoms with Crippen LogP contribution in [0.15, 0.2) is 30.3 Å². The fourth-order valence-electron chi connectivity index (χ4n) is 1.62. The Bertz CT molecular complexity index is 349. The van der Waals surface area contributed by atoms with Gasteiger partial charge in [0.2, 0.25) is 0 Å². The summed E-state index contributed by atoms with van der Waals surface area (Å²) in [6.45, 7) is 0.822. The van der Waals surface area contributed by atoms with Gasteiger partial charge in [0.1, 0.15) is 6.10 Å². The van der Waals surface area contributed by atoms with Crippen LogP contribution in [0.3, 0.4) is 0 Å². The highest BCUT2D eigenvalue weighted by Gasteiger charge is 2.32. The molecular formula is C12H14O4. The molecule has 1 N–H and O–H groups in total. The molecule has 0 bridgehead atoms. The molecular weight excluding hydrogens is 208 g/mol. The van der Waals surface area contributed by atoms with Gasteiger partial charge in [-0.1, -0.05) is 30.3 Å². The highest BCUT2D eigenvalue weighted by molar-refractivity contribution is 5.76. The monoisotopic (exact) mass is 222 g/mol. The van der Waals surface area contributed by atoms with Crippen LogP contribution in [0.4, 0.5) is 0 Å². The number of benzene rings is 1. The van der Waals surface area contributed by atoms with E-state index in [9.17, 15) is 4.79 Å². The number of cyclic esters (lactones) is 1. The molecule has 0 spiro atoms. The van der Waals surface area contributed by atoms with Gasteiger partial charge in [0.05, 0.1) is 13.2 Å². The lowest BCUT2D eigenvalue weighted by atomic mass is 10.2. The Kier molecular flexibility index (Phi) is 3.54. The summed E-state index contributed by atoms with van der Waals surface area (Å²) in [7, 11) is 0. The number of aliphatic hydroxyl groups is 1. The van der Waals surface area contributed by atoms with Gasteiger partial charge >= 0.3 is 5.97 Å². The molecule has 86 valence electrons. The molecule has 4 nitrogen and oxygen atoms in total. The number of rotatable bonds is 4. The summed E-state index contributed by atoms with van der Waals surface area (Å²) < 4.78 is 10.3. The van der Waals surface area contributed by atoms with E-state index in [1.165, 1.54) is 0 Å². The molecule has 1 aliphatic rings.